The van der Waals surface area contributed by atoms with Crippen molar-refractivity contribution in [3.8, 4) is 0 Å². The highest BCUT2D eigenvalue weighted by molar-refractivity contribution is 6.30. The Hall–Kier alpha value is -3.59. The van der Waals surface area contributed by atoms with Gasteiger partial charge >= 0.3 is 12.1 Å². The van der Waals surface area contributed by atoms with E-state index in [1.54, 1.807) is 24.0 Å². The molecule has 2 aromatic rings. The number of imide groups is 2. The standard InChI is InChI=1S/C25H28ClN5O4/c1-17-30(24(35)28-23(27)34)22(33)25(31(17)20-5-3-2-4-6-20)13-15-29(16-14-25)21(32)12-9-18-7-10-19(26)11-8-18/h2-8,10-11,17H,9,12-16H2,1H3,(H3,27,28,34,35)/t17-/m0/s1. The Balaban J connectivity index is 1.51. The van der Waals surface area contributed by atoms with E-state index in [1.165, 1.54) is 0 Å². The van der Waals surface area contributed by atoms with Gasteiger partial charge in [0.2, 0.25) is 5.91 Å². The molecule has 2 fully saturated rings. The molecule has 0 bridgehead atoms. The van der Waals surface area contributed by atoms with Gasteiger partial charge in [0.1, 0.15) is 11.7 Å². The van der Waals surface area contributed by atoms with E-state index in [0.29, 0.717) is 43.8 Å². The van der Waals surface area contributed by atoms with E-state index in [1.807, 2.05) is 52.7 Å². The number of anilines is 1. The van der Waals surface area contributed by atoms with Crippen molar-refractivity contribution in [2.75, 3.05) is 18.0 Å². The fourth-order valence-electron chi connectivity index (χ4n) is 5.09. The summed E-state index contributed by atoms with van der Waals surface area (Å²) in [5.74, 6) is -0.385. The summed E-state index contributed by atoms with van der Waals surface area (Å²) in [4.78, 5) is 55.3. The van der Waals surface area contributed by atoms with Crippen LogP contribution in [0.25, 0.3) is 0 Å². The van der Waals surface area contributed by atoms with Crippen LogP contribution in [0.2, 0.25) is 5.02 Å². The minimum atomic E-state index is -1.02. The quantitative estimate of drug-likeness (QED) is 0.673. The largest absolute Gasteiger partial charge is 0.351 e. The number of likely N-dealkylation sites (tertiary alicyclic amines) is 1. The Morgan fingerprint density at radius 1 is 1.06 bits per heavy atom. The summed E-state index contributed by atoms with van der Waals surface area (Å²) < 4.78 is 0. The highest BCUT2D eigenvalue weighted by Gasteiger charge is 2.59. The molecule has 6 amide bonds. The molecular formula is C25H28ClN5O4. The van der Waals surface area contributed by atoms with E-state index in [9.17, 15) is 19.2 Å². The van der Waals surface area contributed by atoms with E-state index >= 15 is 0 Å². The number of benzene rings is 2. The number of piperidine rings is 1. The molecule has 1 spiro atoms. The first-order valence-corrected chi connectivity index (χ1v) is 11.9. The predicted molar refractivity (Wildman–Crippen MR) is 132 cm³/mol. The maximum absolute atomic E-state index is 13.7. The first kappa shape index (κ1) is 24.5. The second-order valence-corrected chi connectivity index (χ2v) is 9.28. The lowest BCUT2D eigenvalue weighted by Gasteiger charge is -2.44. The van der Waals surface area contributed by atoms with Crippen molar-refractivity contribution in [3.05, 3.63) is 65.2 Å². The zero-order valence-corrected chi connectivity index (χ0v) is 20.2. The second-order valence-electron chi connectivity index (χ2n) is 8.85. The van der Waals surface area contributed by atoms with Crippen LogP contribution in [0.4, 0.5) is 15.3 Å². The molecule has 0 radical (unpaired) electrons. The van der Waals surface area contributed by atoms with Gasteiger partial charge in [-0.3, -0.25) is 14.9 Å². The first-order chi connectivity index (χ1) is 16.7. The van der Waals surface area contributed by atoms with Crippen molar-refractivity contribution in [1.29, 1.82) is 0 Å². The minimum absolute atomic E-state index is 0.0166. The number of hydrogen-bond donors (Lipinski definition) is 2. The van der Waals surface area contributed by atoms with E-state index in [-0.39, 0.29) is 5.91 Å². The third kappa shape index (κ3) is 4.81. The molecule has 0 aromatic heterocycles. The summed E-state index contributed by atoms with van der Waals surface area (Å²) >= 11 is 5.93. The normalized spacial score (nSPS) is 19.2. The van der Waals surface area contributed by atoms with Gasteiger partial charge < -0.3 is 15.5 Å². The maximum Gasteiger partial charge on any atom is 0.333 e. The monoisotopic (exact) mass is 497 g/mol. The average Bonchev–Trinajstić information content (AvgIpc) is 3.04. The number of rotatable bonds is 4. The van der Waals surface area contributed by atoms with Crippen LogP contribution in [0.1, 0.15) is 31.7 Å². The molecule has 0 aliphatic carbocycles. The molecule has 184 valence electrons. The number of amides is 6. The number of halogens is 1. The Labute approximate surface area is 208 Å². The third-order valence-electron chi connectivity index (χ3n) is 6.79. The van der Waals surface area contributed by atoms with Gasteiger partial charge in [-0.2, -0.15) is 0 Å². The number of urea groups is 2. The fourth-order valence-corrected chi connectivity index (χ4v) is 5.22. The van der Waals surface area contributed by atoms with E-state index in [0.717, 1.165) is 16.2 Å². The summed E-state index contributed by atoms with van der Waals surface area (Å²) in [6, 6.07) is 14.9. The Kier molecular flexibility index (Phi) is 6.98. The summed E-state index contributed by atoms with van der Waals surface area (Å²) in [5, 5.41) is 2.66. The smallest absolute Gasteiger partial charge is 0.333 e. The number of nitrogens with two attached hydrogens (primary N) is 1. The van der Waals surface area contributed by atoms with E-state index < -0.39 is 29.7 Å². The molecule has 10 heteroatoms. The van der Waals surface area contributed by atoms with Gasteiger partial charge in [-0.25, -0.2) is 14.5 Å². The van der Waals surface area contributed by atoms with Crippen LogP contribution in [0.15, 0.2) is 54.6 Å². The van der Waals surface area contributed by atoms with Crippen LogP contribution in [-0.2, 0) is 16.0 Å². The third-order valence-corrected chi connectivity index (χ3v) is 7.04. The summed E-state index contributed by atoms with van der Waals surface area (Å²) in [5.41, 5.74) is 5.93. The van der Waals surface area contributed by atoms with Crippen LogP contribution in [0, 0.1) is 0 Å². The molecule has 2 aliphatic heterocycles. The van der Waals surface area contributed by atoms with Crippen molar-refractivity contribution in [3.63, 3.8) is 0 Å². The van der Waals surface area contributed by atoms with Crippen LogP contribution in [0.3, 0.4) is 0 Å². The van der Waals surface area contributed by atoms with Crippen LogP contribution >= 0.6 is 11.6 Å². The van der Waals surface area contributed by atoms with E-state index in [2.05, 4.69) is 0 Å². The molecule has 0 saturated carbocycles. The van der Waals surface area contributed by atoms with Crippen molar-refractivity contribution in [2.45, 2.75) is 44.3 Å². The Morgan fingerprint density at radius 2 is 1.69 bits per heavy atom. The molecule has 0 unspecified atom stereocenters. The second kappa shape index (κ2) is 9.95. The highest BCUT2D eigenvalue weighted by atomic mass is 35.5. The fraction of sp³-hybridized carbons (Fsp3) is 0.360. The number of nitrogens with one attached hydrogen (secondary N) is 1. The highest BCUT2D eigenvalue weighted by Crippen LogP contribution is 2.42. The minimum Gasteiger partial charge on any atom is -0.351 e. The molecule has 1 atom stereocenters. The maximum atomic E-state index is 13.7. The van der Waals surface area contributed by atoms with Gasteiger partial charge in [0.15, 0.2) is 0 Å². The lowest BCUT2D eigenvalue weighted by atomic mass is 9.85. The van der Waals surface area contributed by atoms with Gasteiger partial charge in [-0.15, -0.1) is 0 Å². The number of nitrogens with zero attached hydrogens (tertiary/aromatic N) is 3. The van der Waals surface area contributed by atoms with Gasteiger partial charge in [-0.05, 0) is 56.0 Å². The molecule has 2 aliphatic rings. The van der Waals surface area contributed by atoms with Crippen molar-refractivity contribution in [1.82, 2.24) is 15.1 Å². The number of primary amides is 1. The Morgan fingerprint density at radius 3 is 2.29 bits per heavy atom. The Bertz CT molecular complexity index is 1120. The number of hydrogen-bond acceptors (Lipinski definition) is 5. The van der Waals surface area contributed by atoms with Crippen LogP contribution < -0.4 is 16.0 Å². The molecule has 3 N–H and O–H groups in total. The number of para-hydroxylation sites is 1. The van der Waals surface area contributed by atoms with Gasteiger partial charge in [0.25, 0.3) is 5.91 Å². The average molecular weight is 498 g/mol. The molecule has 35 heavy (non-hydrogen) atoms. The zero-order chi connectivity index (χ0) is 25.2. The molecular weight excluding hydrogens is 470 g/mol. The zero-order valence-electron chi connectivity index (χ0n) is 19.4. The van der Waals surface area contributed by atoms with Crippen LogP contribution in [0.5, 0.6) is 0 Å². The number of carbonyl (C=O) groups excluding carboxylic acids is 4. The number of carbonyl (C=O) groups is 4. The SMILES string of the molecule is C[C@H]1N(C(=O)NC(N)=O)C(=O)C2(CCN(C(=O)CCc3ccc(Cl)cc3)CC2)N1c1ccccc1. The lowest BCUT2D eigenvalue weighted by Crippen LogP contribution is -2.58. The van der Waals surface area contributed by atoms with Crippen molar-refractivity contribution >= 4 is 41.2 Å². The molecule has 2 heterocycles. The lowest BCUT2D eigenvalue weighted by molar-refractivity contribution is -0.137. The van der Waals surface area contributed by atoms with Crippen molar-refractivity contribution in [2.24, 2.45) is 5.73 Å². The summed E-state index contributed by atoms with van der Waals surface area (Å²) in [7, 11) is 0. The molecule has 2 aromatic carbocycles. The summed E-state index contributed by atoms with van der Waals surface area (Å²) in [6.07, 6.45) is 1.03. The molecule has 9 nitrogen and oxygen atoms in total. The van der Waals surface area contributed by atoms with Gasteiger partial charge in [0, 0.05) is 30.2 Å². The van der Waals surface area contributed by atoms with Crippen molar-refractivity contribution < 1.29 is 19.2 Å². The predicted octanol–water partition coefficient (Wildman–Crippen LogP) is 3.12. The molecule has 2 saturated heterocycles. The topological polar surface area (TPSA) is 116 Å². The van der Waals surface area contributed by atoms with Gasteiger partial charge in [0.05, 0.1) is 0 Å². The summed E-state index contributed by atoms with van der Waals surface area (Å²) in [6.45, 7) is 2.50. The number of aryl methyl sites for hydroxylation is 1. The van der Waals surface area contributed by atoms with E-state index in [4.69, 9.17) is 17.3 Å². The molecule has 4 rings (SSSR count). The van der Waals surface area contributed by atoms with Crippen LogP contribution in [-0.4, -0.2) is 58.5 Å². The van der Waals surface area contributed by atoms with Gasteiger partial charge in [-0.1, -0.05) is 41.9 Å². The first-order valence-electron chi connectivity index (χ1n) is 11.5.